The molecule has 3 atom stereocenters. The summed E-state index contributed by atoms with van der Waals surface area (Å²) in [6, 6.07) is 5.35. The SMILES string of the molecule is CSc1ccc(Cl)c(C(=O)O[C@H](C)C(=O)N[C@H]2CCCC[C@@H]2C)c1. The van der Waals surface area contributed by atoms with E-state index in [0.717, 1.165) is 24.2 Å². The lowest BCUT2D eigenvalue weighted by Gasteiger charge is -2.30. The largest absolute Gasteiger partial charge is 0.449 e. The Morgan fingerprint density at radius 2 is 2.04 bits per heavy atom. The number of rotatable bonds is 5. The summed E-state index contributed by atoms with van der Waals surface area (Å²) in [6.45, 7) is 3.74. The van der Waals surface area contributed by atoms with Gasteiger partial charge in [-0.1, -0.05) is 31.4 Å². The minimum atomic E-state index is -0.847. The Balaban J connectivity index is 1.96. The van der Waals surface area contributed by atoms with Crippen molar-refractivity contribution >= 4 is 35.2 Å². The fourth-order valence-electron chi connectivity index (χ4n) is 2.90. The van der Waals surface area contributed by atoms with Gasteiger partial charge in [0.25, 0.3) is 5.91 Å². The smallest absolute Gasteiger partial charge is 0.340 e. The second-order valence-electron chi connectivity index (χ2n) is 6.27. The highest BCUT2D eigenvalue weighted by Crippen LogP contribution is 2.25. The number of benzene rings is 1. The van der Waals surface area contributed by atoms with Gasteiger partial charge in [0.05, 0.1) is 10.6 Å². The molecule has 0 bridgehead atoms. The second kappa shape index (κ2) is 8.77. The molecule has 2 rings (SSSR count). The summed E-state index contributed by atoms with van der Waals surface area (Å²) in [5, 5.41) is 3.33. The fraction of sp³-hybridized carbons (Fsp3) is 0.556. The molecule has 0 aromatic heterocycles. The summed E-state index contributed by atoms with van der Waals surface area (Å²) in [5.41, 5.74) is 0.286. The predicted octanol–water partition coefficient (Wildman–Crippen LogP) is 4.30. The molecule has 0 heterocycles. The van der Waals surface area contributed by atoms with Crippen molar-refractivity contribution in [2.24, 2.45) is 5.92 Å². The second-order valence-corrected chi connectivity index (χ2v) is 7.56. The van der Waals surface area contributed by atoms with Gasteiger partial charge >= 0.3 is 5.97 Å². The zero-order valence-corrected chi connectivity index (χ0v) is 15.9. The normalized spacial score (nSPS) is 21.8. The summed E-state index contributed by atoms with van der Waals surface area (Å²) in [4.78, 5) is 25.5. The van der Waals surface area contributed by atoms with Crippen molar-refractivity contribution < 1.29 is 14.3 Å². The first-order chi connectivity index (χ1) is 11.4. The van der Waals surface area contributed by atoms with E-state index in [1.54, 1.807) is 19.1 Å². The number of carbonyl (C=O) groups is 2. The summed E-state index contributed by atoms with van der Waals surface area (Å²) < 4.78 is 5.31. The van der Waals surface area contributed by atoms with Crippen LogP contribution in [0, 0.1) is 5.92 Å². The molecule has 1 amide bonds. The third kappa shape index (κ3) is 4.90. The number of esters is 1. The molecule has 1 aromatic carbocycles. The molecular formula is C18H24ClNO3S. The van der Waals surface area contributed by atoms with Gasteiger partial charge in [-0.05, 0) is 50.1 Å². The van der Waals surface area contributed by atoms with E-state index in [-0.39, 0.29) is 17.5 Å². The standard InChI is InChI=1S/C18H24ClNO3S/c1-11-6-4-5-7-16(11)20-17(21)12(2)23-18(22)14-10-13(24-3)8-9-15(14)19/h8-12,16H,4-7H2,1-3H3,(H,20,21)/t11-,12+,16-/m0/s1. The van der Waals surface area contributed by atoms with E-state index in [1.807, 2.05) is 12.3 Å². The van der Waals surface area contributed by atoms with E-state index < -0.39 is 12.1 Å². The molecule has 1 N–H and O–H groups in total. The molecule has 0 radical (unpaired) electrons. The first-order valence-corrected chi connectivity index (χ1v) is 9.87. The van der Waals surface area contributed by atoms with Crippen LogP contribution in [0.1, 0.15) is 49.9 Å². The third-order valence-electron chi connectivity index (χ3n) is 4.49. The van der Waals surface area contributed by atoms with Crippen LogP contribution in [-0.2, 0) is 9.53 Å². The maximum Gasteiger partial charge on any atom is 0.340 e. The zero-order chi connectivity index (χ0) is 17.7. The lowest BCUT2D eigenvalue weighted by atomic mass is 9.86. The molecule has 6 heteroatoms. The quantitative estimate of drug-likeness (QED) is 0.621. The Kier molecular flexibility index (Phi) is 6.99. The molecule has 1 aromatic rings. The van der Waals surface area contributed by atoms with Gasteiger partial charge in [-0.25, -0.2) is 4.79 Å². The van der Waals surface area contributed by atoms with Gasteiger partial charge in [0, 0.05) is 10.9 Å². The molecule has 132 valence electrons. The van der Waals surface area contributed by atoms with E-state index in [2.05, 4.69) is 12.2 Å². The number of amides is 1. The van der Waals surface area contributed by atoms with Crippen molar-refractivity contribution in [1.82, 2.24) is 5.32 Å². The molecule has 1 aliphatic rings. The first-order valence-electron chi connectivity index (χ1n) is 8.27. The van der Waals surface area contributed by atoms with E-state index in [4.69, 9.17) is 16.3 Å². The lowest BCUT2D eigenvalue weighted by Crippen LogP contribution is -2.46. The fourth-order valence-corrected chi connectivity index (χ4v) is 3.53. The number of thioether (sulfide) groups is 1. The number of halogens is 1. The lowest BCUT2D eigenvalue weighted by molar-refractivity contribution is -0.130. The van der Waals surface area contributed by atoms with Crippen LogP contribution in [0.4, 0.5) is 0 Å². The molecular weight excluding hydrogens is 346 g/mol. The predicted molar refractivity (Wildman–Crippen MR) is 97.7 cm³/mol. The van der Waals surface area contributed by atoms with E-state index in [0.29, 0.717) is 10.9 Å². The zero-order valence-electron chi connectivity index (χ0n) is 14.3. The van der Waals surface area contributed by atoms with Crippen molar-refractivity contribution in [3.05, 3.63) is 28.8 Å². The van der Waals surface area contributed by atoms with E-state index in [9.17, 15) is 9.59 Å². The first kappa shape index (κ1) is 19.1. The maximum atomic E-state index is 12.3. The molecule has 0 aliphatic heterocycles. The van der Waals surface area contributed by atoms with Crippen LogP contribution in [0.25, 0.3) is 0 Å². The van der Waals surface area contributed by atoms with Gasteiger partial charge in [0.15, 0.2) is 6.10 Å². The number of ether oxygens (including phenoxy) is 1. The van der Waals surface area contributed by atoms with Crippen molar-refractivity contribution in [3.8, 4) is 0 Å². The molecule has 1 saturated carbocycles. The molecule has 0 unspecified atom stereocenters. The van der Waals surface area contributed by atoms with Crippen LogP contribution in [0.15, 0.2) is 23.1 Å². The molecule has 0 saturated heterocycles. The van der Waals surface area contributed by atoms with Gasteiger partial charge < -0.3 is 10.1 Å². The van der Waals surface area contributed by atoms with Crippen LogP contribution in [0.5, 0.6) is 0 Å². The van der Waals surface area contributed by atoms with Crippen molar-refractivity contribution in [3.63, 3.8) is 0 Å². The van der Waals surface area contributed by atoms with Gasteiger partial charge in [-0.2, -0.15) is 0 Å². The summed E-state index contributed by atoms with van der Waals surface area (Å²) in [6.07, 6.45) is 5.51. The monoisotopic (exact) mass is 369 g/mol. The van der Waals surface area contributed by atoms with Crippen LogP contribution >= 0.6 is 23.4 Å². The molecule has 1 aliphatic carbocycles. The topological polar surface area (TPSA) is 55.4 Å². The maximum absolute atomic E-state index is 12.3. The number of nitrogens with one attached hydrogen (secondary N) is 1. The minimum Gasteiger partial charge on any atom is -0.449 e. The number of carbonyl (C=O) groups excluding carboxylic acids is 2. The van der Waals surface area contributed by atoms with Crippen molar-refractivity contribution in [2.45, 2.75) is 56.6 Å². The van der Waals surface area contributed by atoms with Crippen LogP contribution in [0.2, 0.25) is 5.02 Å². The molecule has 4 nitrogen and oxygen atoms in total. The summed E-state index contributed by atoms with van der Waals surface area (Å²) >= 11 is 7.59. The summed E-state index contributed by atoms with van der Waals surface area (Å²) in [7, 11) is 0. The highest BCUT2D eigenvalue weighted by atomic mass is 35.5. The Bertz CT molecular complexity index is 608. The molecule has 1 fully saturated rings. The highest BCUT2D eigenvalue weighted by molar-refractivity contribution is 7.98. The van der Waals surface area contributed by atoms with Gasteiger partial charge in [0.1, 0.15) is 0 Å². The third-order valence-corrected chi connectivity index (χ3v) is 5.54. The Morgan fingerprint density at radius 1 is 1.33 bits per heavy atom. The van der Waals surface area contributed by atoms with Crippen molar-refractivity contribution in [1.29, 1.82) is 0 Å². The average molecular weight is 370 g/mol. The average Bonchev–Trinajstić information content (AvgIpc) is 2.57. The highest BCUT2D eigenvalue weighted by Gasteiger charge is 2.27. The van der Waals surface area contributed by atoms with E-state index >= 15 is 0 Å². The van der Waals surface area contributed by atoms with Crippen LogP contribution < -0.4 is 5.32 Å². The molecule has 0 spiro atoms. The van der Waals surface area contributed by atoms with Crippen molar-refractivity contribution in [2.75, 3.05) is 6.26 Å². The van der Waals surface area contributed by atoms with Gasteiger partial charge in [-0.3, -0.25) is 4.79 Å². The van der Waals surface area contributed by atoms with E-state index in [1.165, 1.54) is 18.2 Å². The van der Waals surface area contributed by atoms with Gasteiger partial charge in [0.2, 0.25) is 0 Å². The number of hydrogen-bond donors (Lipinski definition) is 1. The Morgan fingerprint density at radius 3 is 2.71 bits per heavy atom. The Labute approximate surface area is 152 Å². The molecule has 24 heavy (non-hydrogen) atoms. The number of hydrogen-bond acceptors (Lipinski definition) is 4. The Hall–Kier alpha value is -1.20. The summed E-state index contributed by atoms with van der Waals surface area (Å²) in [5.74, 6) is -0.368. The van der Waals surface area contributed by atoms with Gasteiger partial charge in [-0.15, -0.1) is 11.8 Å². The van der Waals surface area contributed by atoms with Crippen LogP contribution in [-0.4, -0.2) is 30.3 Å². The minimum absolute atomic E-state index is 0.163. The van der Waals surface area contributed by atoms with Crippen LogP contribution in [0.3, 0.4) is 0 Å².